The topological polar surface area (TPSA) is 28.2 Å². The van der Waals surface area contributed by atoms with Crippen LogP contribution >= 0.6 is 0 Å². The number of rotatable bonds is 8. The van der Waals surface area contributed by atoms with Crippen LogP contribution in [0.5, 0.6) is 0 Å². The maximum atomic E-state index is 4.43. The van der Waals surface area contributed by atoms with E-state index >= 15 is 0 Å². The third-order valence-electron chi connectivity index (χ3n) is 3.27. The fraction of sp³-hybridized carbons (Fsp3) is 0.533. The first-order valence-electron chi connectivity index (χ1n) is 6.80. The number of hydrogen-bond acceptors (Lipinski definition) is 3. The summed E-state index contributed by atoms with van der Waals surface area (Å²) in [6.07, 6.45) is 8.73. The lowest BCUT2D eigenvalue weighted by Gasteiger charge is -2.18. The van der Waals surface area contributed by atoms with Crippen LogP contribution in [0, 0.1) is 0 Å². The van der Waals surface area contributed by atoms with Gasteiger partial charge in [-0.05, 0) is 43.4 Å². The van der Waals surface area contributed by atoms with Crippen LogP contribution in [0.1, 0.15) is 31.2 Å². The van der Waals surface area contributed by atoms with E-state index in [2.05, 4.69) is 41.0 Å². The zero-order valence-corrected chi connectivity index (χ0v) is 11.2. The summed E-state index contributed by atoms with van der Waals surface area (Å²) in [4.78, 5) is 6.65. The first-order chi connectivity index (χ1) is 8.79. The van der Waals surface area contributed by atoms with E-state index in [1.165, 1.54) is 18.4 Å². The van der Waals surface area contributed by atoms with Gasteiger partial charge in [-0.25, -0.2) is 4.98 Å². The highest BCUT2D eigenvalue weighted by Crippen LogP contribution is 2.20. The SMILES string of the molecule is C=CCCCN(C)c1cc(CNC2CC2)ccn1. The molecule has 0 unspecified atom stereocenters. The molecule has 98 valence electrons. The largest absolute Gasteiger partial charge is 0.360 e. The van der Waals surface area contributed by atoms with E-state index in [1.54, 1.807) is 0 Å². The van der Waals surface area contributed by atoms with Crippen LogP contribution in [0.25, 0.3) is 0 Å². The number of nitrogens with zero attached hydrogens (tertiary/aromatic N) is 2. The van der Waals surface area contributed by atoms with Crippen molar-refractivity contribution in [2.24, 2.45) is 0 Å². The summed E-state index contributed by atoms with van der Waals surface area (Å²) >= 11 is 0. The van der Waals surface area contributed by atoms with Crippen LogP contribution in [0.4, 0.5) is 5.82 Å². The first kappa shape index (κ1) is 13.1. The standard InChI is InChI=1S/C15H23N3/c1-3-4-5-10-18(2)15-11-13(8-9-16-15)12-17-14-6-7-14/h3,8-9,11,14,17H,1,4-7,10,12H2,2H3. The summed E-state index contributed by atoms with van der Waals surface area (Å²) in [5.74, 6) is 1.06. The van der Waals surface area contributed by atoms with Gasteiger partial charge in [0, 0.05) is 32.4 Å². The smallest absolute Gasteiger partial charge is 0.128 e. The zero-order chi connectivity index (χ0) is 12.8. The van der Waals surface area contributed by atoms with Crippen molar-refractivity contribution in [3.63, 3.8) is 0 Å². The molecular weight excluding hydrogens is 222 g/mol. The van der Waals surface area contributed by atoms with Crippen molar-refractivity contribution in [3.8, 4) is 0 Å². The second-order valence-corrected chi connectivity index (χ2v) is 5.03. The third-order valence-corrected chi connectivity index (χ3v) is 3.27. The van der Waals surface area contributed by atoms with E-state index in [4.69, 9.17) is 0 Å². The van der Waals surface area contributed by atoms with Crippen LogP contribution in [-0.2, 0) is 6.54 Å². The number of nitrogens with one attached hydrogen (secondary N) is 1. The molecule has 1 saturated carbocycles. The van der Waals surface area contributed by atoms with Crippen molar-refractivity contribution in [3.05, 3.63) is 36.5 Å². The number of aromatic nitrogens is 1. The van der Waals surface area contributed by atoms with E-state index in [0.717, 1.165) is 37.8 Å². The van der Waals surface area contributed by atoms with Gasteiger partial charge in [0.05, 0.1) is 0 Å². The lowest BCUT2D eigenvalue weighted by molar-refractivity contribution is 0.686. The van der Waals surface area contributed by atoms with E-state index in [-0.39, 0.29) is 0 Å². The highest BCUT2D eigenvalue weighted by molar-refractivity contribution is 5.40. The highest BCUT2D eigenvalue weighted by atomic mass is 15.2. The molecule has 0 aromatic carbocycles. The van der Waals surface area contributed by atoms with Crippen molar-refractivity contribution >= 4 is 5.82 Å². The fourth-order valence-electron chi connectivity index (χ4n) is 1.92. The predicted molar refractivity (Wildman–Crippen MR) is 76.8 cm³/mol. The van der Waals surface area contributed by atoms with Gasteiger partial charge in [-0.3, -0.25) is 0 Å². The molecule has 0 spiro atoms. The molecule has 1 aliphatic carbocycles. The number of unbranched alkanes of at least 4 members (excludes halogenated alkanes) is 1. The fourth-order valence-corrected chi connectivity index (χ4v) is 1.92. The van der Waals surface area contributed by atoms with Gasteiger partial charge >= 0.3 is 0 Å². The molecule has 0 bridgehead atoms. The summed E-state index contributed by atoms with van der Waals surface area (Å²) in [5.41, 5.74) is 1.32. The highest BCUT2D eigenvalue weighted by Gasteiger charge is 2.19. The number of pyridine rings is 1. The maximum absolute atomic E-state index is 4.43. The Morgan fingerprint density at radius 2 is 2.39 bits per heavy atom. The molecule has 18 heavy (non-hydrogen) atoms. The molecule has 1 fully saturated rings. The summed E-state index contributed by atoms with van der Waals surface area (Å²) in [6, 6.07) is 5.03. The molecule has 0 radical (unpaired) electrons. The molecule has 0 aliphatic heterocycles. The summed E-state index contributed by atoms with van der Waals surface area (Å²) in [7, 11) is 2.10. The molecule has 0 saturated heterocycles. The Balaban J connectivity index is 1.85. The van der Waals surface area contributed by atoms with Gasteiger partial charge in [-0.15, -0.1) is 6.58 Å². The van der Waals surface area contributed by atoms with Crippen LogP contribution in [-0.4, -0.2) is 24.6 Å². The molecular formula is C15H23N3. The van der Waals surface area contributed by atoms with Crippen LogP contribution in [0.2, 0.25) is 0 Å². The maximum Gasteiger partial charge on any atom is 0.128 e. The van der Waals surface area contributed by atoms with Crippen molar-refractivity contribution < 1.29 is 0 Å². The predicted octanol–water partition coefficient (Wildman–Crippen LogP) is 2.74. The zero-order valence-electron chi connectivity index (χ0n) is 11.2. The minimum Gasteiger partial charge on any atom is -0.360 e. The summed E-state index contributed by atoms with van der Waals surface area (Å²) < 4.78 is 0. The second-order valence-electron chi connectivity index (χ2n) is 5.03. The van der Waals surface area contributed by atoms with Gasteiger partial charge in [0.2, 0.25) is 0 Å². The summed E-state index contributed by atoms with van der Waals surface area (Å²) in [5, 5.41) is 3.53. The van der Waals surface area contributed by atoms with Gasteiger partial charge in [0.15, 0.2) is 0 Å². The van der Waals surface area contributed by atoms with Crippen molar-refractivity contribution in [1.82, 2.24) is 10.3 Å². The average Bonchev–Trinajstić information content (AvgIpc) is 3.21. The molecule has 3 nitrogen and oxygen atoms in total. The Morgan fingerprint density at radius 3 is 3.11 bits per heavy atom. The van der Waals surface area contributed by atoms with Crippen molar-refractivity contribution in [2.45, 2.75) is 38.3 Å². The van der Waals surface area contributed by atoms with Crippen LogP contribution in [0.15, 0.2) is 31.0 Å². The van der Waals surface area contributed by atoms with Gasteiger partial charge < -0.3 is 10.2 Å². The molecule has 3 heteroatoms. The number of allylic oxidation sites excluding steroid dienone is 1. The first-order valence-corrected chi connectivity index (χ1v) is 6.80. The Bertz CT molecular complexity index is 385. The molecule has 0 amide bonds. The van der Waals surface area contributed by atoms with E-state index in [9.17, 15) is 0 Å². The Kier molecular flexibility index (Phi) is 4.76. The monoisotopic (exact) mass is 245 g/mol. The van der Waals surface area contributed by atoms with E-state index in [1.807, 2.05) is 12.3 Å². The summed E-state index contributed by atoms with van der Waals surface area (Å²) in [6.45, 7) is 5.73. The van der Waals surface area contributed by atoms with Crippen molar-refractivity contribution in [1.29, 1.82) is 0 Å². The minimum absolute atomic E-state index is 0.756. The molecule has 1 heterocycles. The molecule has 1 aromatic rings. The third kappa shape index (κ3) is 4.15. The van der Waals surface area contributed by atoms with Gasteiger partial charge in [-0.1, -0.05) is 6.08 Å². The van der Waals surface area contributed by atoms with E-state index in [0.29, 0.717) is 0 Å². The average molecular weight is 245 g/mol. The quantitative estimate of drug-likeness (QED) is 0.564. The molecule has 2 rings (SSSR count). The minimum atomic E-state index is 0.756. The number of anilines is 1. The lowest BCUT2D eigenvalue weighted by atomic mass is 10.2. The van der Waals surface area contributed by atoms with Gasteiger partial charge in [0.1, 0.15) is 5.82 Å². The molecule has 1 aromatic heterocycles. The molecule has 1 N–H and O–H groups in total. The van der Waals surface area contributed by atoms with Crippen LogP contribution in [0.3, 0.4) is 0 Å². The molecule has 0 atom stereocenters. The lowest BCUT2D eigenvalue weighted by Crippen LogP contribution is -2.20. The Labute approximate surface area is 110 Å². The Morgan fingerprint density at radius 1 is 1.56 bits per heavy atom. The van der Waals surface area contributed by atoms with Gasteiger partial charge in [-0.2, -0.15) is 0 Å². The van der Waals surface area contributed by atoms with Gasteiger partial charge in [0.25, 0.3) is 0 Å². The van der Waals surface area contributed by atoms with Crippen LogP contribution < -0.4 is 10.2 Å². The second kappa shape index (κ2) is 6.55. The normalized spacial score (nSPS) is 14.5. The molecule has 1 aliphatic rings. The Hall–Kier alpha value is -1.35. The number of hydrogen-bond donors (Lipinski definition) is 1. The van der Waals surface area contributed by atoms with Crippen molar-refractivity contribution in [2.75, 3.05) is 18.5 Å². The van der Waals surface area contributed by atoms with E-state index < -0.39 is 0 Å².